The van der Waals surface area contributed by atoms with Gasteiger partial charge in [0.25, 0.3) is 0 Å². The minimum atomic E-state index is 0.548. The lowest BCUT2D eigenvalue weighted by Gasteiger charge is -2.25. The van der Waals surface area contributed by atoms with Gasteiger partial charge in [-0.2, -0.15) is 0 Å². The molecule has 110 valence electrons. The van der Waals surface area contributed by atoms with Crippen LogP contribution in [-0.2, 0) is 0 Å². The van der Waals surface area contributed by atoms with Gasteiger partial charge in [0.1, 0.15) is 0 Å². The Bertz CT molecular complexity index is 427. The first kappa shape index (κ1) is 15.8. The summed E-state index contributed by atoms with van der Waals surface area (Å²) in [6.07, 6.45) is 9.33. The van der Waals surface area contributed by atoms with Gasteiger partial charge >= 0.3 is 0 Å². The van der Waals surface area contributed by atoms with Gasteiger partial charge in [0.05, 0.1) is 0 Å². The lowest BCUT2D eigenvalue weighted by atomic mass is 9.83. The number of hydrogen-bond donors (Lipinski definition) is 1. The summed E-state index contributed by atoms with van der Waals surface area (Å²) in [5.74, 6) is 0.777. The van der Waals surface area contributed by atoms with Crippen molar-refractivity contribution in [2.24, 2.45) is 5.92 Å². The van der Waals surface area contributed by atoms with Crippen LogP contribution in [0.2, 0.25) is 0 Å². The molecule has 0 aliphatic heterocycles. The highest BCUT2D eigenvalue weighted by Gasteiger charge is 2.17. The second kappa shape index (κ2) is 7.99. The first-order valence-corrected chi connectivity index (χ1v) is 8.64. The van der Waals surface area contributed by atoms with E-state index >= 15 is 0 Å². The van der Waals surface area contributed by atoms with Crippen LogP contribution in [0.25, 0.3) is 6.08 Å². The minimum absolute atomic E-state index is 0.548. The number of rotatable bonds is 5. The minimum Gasteiger partial charge on any atom is -0.311 e. The van der Waals surface area contributed by atoms with E-state index in [4.69, 9.17) is 0 Å². The third kappa shape index (κ3) is 5.06. The molecule has 0 saturated heterocycles. The second-order valence-electron chi connectivity index (χ2n) is 6.14. The van der Waals surface area contributed by atoms with Crippen molar-refractivity contribution >= 4 is 22.0 Å². The second-order valence-corrected chi connectivity index (χ2v) is 7.06. The van der Waals surface area contributed by atoms with Crippen molar-refractivity contribution in [2.75, 3.05) is 6.54 Å². The summed E-state index contributed by atoms with van der Waals surface area (Å²) in [7, 11) is 0. The Balaban J connectivity index is 2.13. The van der Waals surface area contributed by atoms with Crippen LogP contribution < -0.4 is 5.32 Å². The fourth-order valence-electron chi connectivity index (χ4n) is 2.88. The molecule has 1 aliphatic rings. The molecule has 1 saturated carbocycles. The lowest BCUT2D eigenvalue weighted by molar-refractivity contribution is 0.394. The zero-order valence-corrected chi connectivity index (χ0v) is 14.2. The quantitative estimate of drug-likeness (QED) is 0.758. The lowest BCUT2D eigenvalue weighted by Crippen LogP contribution is -2.27. The van der Waals surface area contributed by atoms with E-state index in [1.165, 1.54) is 37.7 Å². The first-order valence-electron chi connectivity index (χ1n) is 7.84. The van der Waals surface area contributed by atoms with E-state index in [9.17, 15) is 0 Å². The Hall–Kier alpha value is -0.600. The maximum absolute atomic E-state index is 3.60. The molecule has 1 aromatic carbocycles. The van der Waals surface area contributed by atoms with Gasteiger partial charge < -0.3 is 5.32 Å². The number of hydrogen-bond acceptors (Lipinski definition) is 1. The highest BCUT2D eigenvalue weighted by molar-refractivity contribution is 9.10. The third-order valence-corrected chi connectivity index (χ3v) is 4.59. The number of benzene rings is 1. The predicted octanol–water partition coefficient (Wildman–Crippen LogP) is 5.41. The summed E-state index contributed by atoms with van der Waals surface area (Å²) in [5.41, 5.74) is 2.90. The van der Waals surface area contributed by atoms with E-state index in [-0.39, 0.29) is 0 Å². The number of nitrogens with one attached hydrogen (secondary N) is 1. The van der Waals surface area contributed by atoms with Crippen molar-refractivity contribution in [1.29, 1.82) is 0 Å². The van der Waals surface area contributed by atoms with Crippen molar-refractivity contribution < 1.29 is 0 Å². The van der Waals surface area contributed by atoms with E-state index < -0.39 is 0 Å². The van der Waals surface area contributed by atoms with Crippen LogP contribution >= 0.6 is 15.9 Å². The Morgan fingerprint density at radius 1 is 1.20 bits per heavy atom. The molecule has 1 fully saturated rings. The third-order valence-electron chi connectivity index (χ3n) is 4.07. The molecule has 0 radical (unpaired) electrons. The molecule has 0 heterocycles. The van der Waals surface area contributed by atoms with Crippen LogP contribution in [0.1, 0.15) is 51.5 Å². The van der Waals surface area contributed by atoms with Crippen LogP contribution in [-0.4, -0.2) is 12.6 Å². The van der Waals surface area contributed by atoms with Crippen molar-refractivity contribution in [3.05, 3.63) is 39.9 Å². The van der Waals surface area contributed by atoms with Gasteiger partial charge in [-0.3, -0.25) is 0 Å². The fraction of sp³-hybridized carbons (Fsp3) is 0.556. The van der Waals surface area contributed by atoms with Crippen molar-refractivity contribution in [2.45, 2.75) is 52.0 Å². The standard InChI is InChI=1S/C18H26BrN/c1-14(2)20-13-17(16-6-4-3-5-7-16)12-15-8-10-18(19)11-9-15/h8-12,14,16,20H,3-7,13H2,1-2H3/b17-12-. The summed E-state index contributed by atoms with van der Waals surface area (Å²) in [6.45, 7) is 5.47. The van der Waals surface area contributed by atoms with Crippen LogP contribution in [0.3, 0.4) is 0 Å². The summed E-state index contributed by atoms with van der Waals surface area (Å²) >= 11 is 3.51. The highest BCUT2D eigenvalue weighted by Crippen LogP contribution is 2.30. The maximum Gasteiger partial charge on any atom is 0.0175 e. The summed E-state index contributed by atoms with van der Waals surface area (Å²) in [5, 5.41) is 3.60. The van der Waals surface area contributed by atoms with Gasteiger partial charge in [-0.15, -0.1) is 0 Å². The average Bonchev–Trinajstić information content (AvgIpc) is 2.46. The smallest absolute Gasteiger partial charge is 0.0175 e. The van der Waals surface area contributed by atoms with Gasteiger partial charge in [0.2, 0.25) is 0 Å². The van der Waals surface area contributed by atoms with Crippen LogP contribution in [0.5, 0.6) is 0 Å². The van der Waals surface area contributed by atoms with E-state index in [1.807, 2.05) is 0 Å². The topological polar surface area (TPSA) is 12.0 Å². The van der Waals surface area contributed by atoms with Crippen molar-refractivity contribution in [1.82, 2.24) is 5.32 Å². The normalized spacial score (nSPS) is 17.7. The average molecular weight is 336 g/mol. The molecule has 0 spiro atoms. The van der Waals surface area contributed by atoms with Gasteiger partial charge in [-0.1, -0.05) is 72.8 Å². The Morgan fingerprint density at radius 2 is 1.85 bits per heavy atom. The summed E-state index contributed by atoms with van der Waals surface area (Å²) in [4.78, 5) is 0. The summed E-state index contributed by atoms with van der Waals surface area (Å²) in [6, 6.07) is 9.19. The maximum atomic E-state index is 3.60. The van der Waals surface area contributed by atoms with Gasteiger partial charge in [-0.25, -0.2) is 0 Å². The molecule has 1 N–H and O–H groups in total. The molecule has 0 bridgehead atoms. The molecule has 2 heteroatoms. The molecule has 0 atom stereocenters. The fourth-order valence-corrected chi connectivity index (χ4v) is 3.15. The van der Waals surface area contributed by atoms with E-state index in [1.54, 1.807) is 5.57 Å². The van der Waals surface area contributed by atoms with Crippen LogP contribution in [0.15, 0.2) is 34.3 Å². The van der Waals surface area contributed by atoms with Crippen LogP contribution in [0, 0.1) is 5.92 Å². The molecule has 1 aromatic rings. The highest BCUT2D eigenvalue weighted by atomic mass is 79.9. The molecule has 2 rings (SSSR count). The zero-order valence-electron chi connectivity index (χ0n) is 12.7. The van der Waals surface area contributed by atoms with E-state index in [0.29, 0.717) is 6.04 Å². The largest absolute Gasteiger partial charge is 0.311 e. The molecular weight excluding hydrogens is 310 g/mol. The molecule has 20 heavy (non-hydrogen) atoms. The van der Waals surface area contributed by atoms with Gasteiger partial charge in [0, 0.05) is 17.1 Å². The predicted molar refractivity (Wildman–Crippen MR) is 91.8 cm³/mol. The number of halogens is 1. The van der Waals surface area contributed by atoms with E-state index in [2.05, 4.69) is 65.4 Å². The molecule has 0 unspecified atom stereocenters. The summed E-state index contributed by atoms with van der Waals surface area (Å²) < 4.78 is 1.15. The molecule has 0 aromatic heterocycles. The molecular formula is C18H26BrN. The SMILES string of the molecule is CC(C)NC/C(=C/c1ccc(Br)cc1)C1CCCCC1. The van der Waals surface area contributed by atoms with E-state index in [0.717, 1.165) is 16.9 Å². The zero-order chi connectivity index (χ0) is 14.4. The Morgan fingerprint density at radius 3 is 2.45 bits per heavy atom. The molecule has 0 amide bonds. The van der Waals surface area contributed by atoms with Gasteiger partial charge in [-0.05, 0) is 36.5 Å². The van der Waals surface area contributed by atoms with Crippen molar-refractivity contribution in [3.63, 3.8) is 0 Å². The monoisotopic (exact) mass is 335 g/mol. The Kier molecular flexibility index (Phi) is 6.31. The van der Waals surface area contributed by atoms with Crippen molar-refractivity contribution in [3.8, 4) is 0 Å². The molecule has 1 aliphatic carbocycles. The van der Waals surface area contributed by atoms with Gasteiger partial charge in [0.15, 0.2) is 0 Å². The Labute approximate surface area is 132 Å². The first-order chi connectivity index (χ1) is 9.65. The molecule has 1 nitrogen and oxygen atoms in total. The van der Waals surface area contributed by atoms with Crippen LogP contribution in [0.4, 0.5) is 0 Å².